The van der Waals surface area contributed by atoms with E-state index in [2.05, 4.69) is 0 Å². The lowest BCUT2D eigenvalue weighted by Crippen LogP contribution is -2.30. The summed E-state index contributed by atoms with van der Waals surface area (Å²) < 4.78 is 10.6. The summed E-state index contributed by atoms with van der Waals surface area (Å²) in [6.45, 7) is 0.522. The van der Waals surface area contributed by atoms with E-state index in [9.17, 15) is 14.9 Å². The fourth-order valence-corrected chi connectivity index (χ4v) is 4.26. The highest BCUT2D eigenvalue weighted by atomic mass is 32.2. The summed E-state index contributed by atoms with van der Waals surface area (Å²) in [7, 11) is 3.17. The summed E-state index contributed by atoms with van der Waals surface area (Å²) in [5.74, 6) is 1.71. The molecule has 0 unspecified atom stereocenters. The van der Waals surface area contributed by atoms with Gasteiger partial charge in [-0.3, -0.25) is 14.9 Å². The van der Waals surface area contributed by atoms with Crippen LogP contribution in [0.2, 0.25) is 0 Å². The van der Waals surface area contributed by atoms with Crippen LogP contribution in [0.3, 0.4) is 0 Å². The van der Waals surface area contributed by atoms with E-state index in [4.69, 9.17) is 9.47 Å². The number of nitrogens with zero attached hydrogens (tertiary/aromatic N) is 2. The Hall–Kier alpha value is -2.74. The molecule has 0 saturated carbocycles. The van der Waals surface area contributed by atoms with Gasteiger partial charge in [0.05, 0.1) is 24.9 Å². The molecule has 1 aliphatic heterocycles. The van der Waals surface area contributed by atoms with Gasteiger partial charge in [0.25, 0.3) is 5.69 Å². The van der Waals surface area contributed by atoms with Gasteiger partial charge in [-0.2, -0.15) is 0 Å². The monoisotopic (exact) mass is 388 g/mol. The van der Waals surface area contributed by atoms with Crippen LogP contribution in [0.15, 0.2) is 42.5 Å². The van der Waals surface area contributed by atoms with Crippen LogP contribution in [0, 0.1) is 10.1 Å². The summed E-state index contributed by atoms with van der Waals surface area (Å²) in [5, 5.41) is 10.8. The number of rotatable bonds is 7. The minimum Gasteiger partial charge on any atom is -0.493 e. The topological polar surface area (TPSA) is 81.9 Å². The number of hydrogen-bond acceptors (Lipinski definition) is 6. The Balaban J connectivity index is 1.76. The maximum absolute atomic E-state index is 12.3. The molecule has 0 aromatic heterocycles. The van der Waals surface area contributed by atoms with Gasteiger partial charge in [-0.15, -0.1) is 11.8 Å². The molecule has 142 valence electrons. The minimum atomic E-state index is -0.418. The molecule has 1 amide bonds. The van der Waals surface area contributed by atoms with Crippen LogP contribution in [0.25, 0.3) is 0 Å². The maximum atomic E-state index is 12.3. The number of non-ortho nitro benzene ring substituents is 1. The Bertz CT molecular complexity index is 858. The molecule has 8 heteroatoms. The van der Waals surface area contributed by atoms with Crippen LogP contribution in [-0.4, -0.2) is 42.2 Å². The van der Waals surface area contributed by atoms with Crippen molar-refractivity contribution in [3.8, 4) is 11.5 Å². The van der Waals surface area contributed by atoms with Crippen LogP contribution >= 0.6 is 11.8 Å². The second-order valence-corrected chi connectivity index (χ2v) is 7.11. The highest BCUT2D eigenvalue weighted by molar-refractivity contribution is 8.00. The van der Waals surface area contributed by atoms with E-state index in [1.165, 1.54) is 17.8 Å². The van der Waals surface area contributed by atoms with Crippen molar-refractivity contribution in [3.63, 3.8) is 0 Å². The van der Waals surface area contributed by atoms with Gasteiger partial charge in [0.2, 0.25) is 5.91 Å². The van der Waals surface area contributed by atoms with Crippen LogP contribution in [0.4, 0.5) is 5.69 Å². The van der Waals surface area contributed by atoms with Crippen molar-refractivity contribution in [1.82, 2.24) is 4.90 Å². The Morgan fingerprint density at radius 1 is 1.19 bits per heavy atom. The molecule has 0 bridgehead atoms. The zero-order valence-electron chi connectivity index (χ0n) is 15.1. The number of nitro groups is 1. The molecule has 1 fully saturated rings. The number of nitro benzene ring substituents is 1. The quantitative estimate of drug-likeness (QED) is 0.534. The molecule has 27 heavy (non-hydrogen) atoms. The van der Waals surface area contributed by atoms with Gasteiger partial charge in [0.1, 0.15) is 5.37 Å². The number of carbonyl (C=O) groups excluding carboxylic acids is 1. The van der Waals surface area contributed by atoms with Gasteiger partial charge >= 0.3 is 0 Å². The average molecular weight is 388 g/mol. The summed E-state index contributed by atoms with van der Waals surface area (Å²) in [6, 6.07) is 12.2. The molecular weight excluding hydrogens is 368 g/mol. The first kappa shape index (κ1) is 19.0. The molecule has 0 radical (unpaired) electrons. The van der Waals surface area contributed by atoms with Gasteiger partial charge in [-0.1, -0.05) is 18.2 Å². The SMILES string of the molecule is COc1ccc(CCN2C(=O)CS[C@H]2c2cccc([N+](=O)[O-])c2)cc1OC. The fraction of sp³-hybridized carbons (Fsp3) is 0.316. The summed E-state index contributed by atoms with van der Waals surface area (Å²) in [5.41, 5.74) is 1.83. The Morgan fingerprint density at radius 2 is 1.96 bits per heavy atom. The summed E-state index contributed by atoms with van der Waals surface area (Å²) >= 11 is 1.49. The molecule has 0 N–H and O–H groups in total. The number of thioether (sulfide) groups is 1. The van der Waals surface area contributed by atoms with Crippen molar-refractivity contribution in [2.75, 3.05) is 26.5 Å². The molecular formula is C19H20N2O5S. The summed E-state index contributed by atoms with van der Waals surface area (Å²) in [6.07, 6.45) is 0.651. The normalized spacial score (nSPS) is 16.4. The smallest absolute Gasteiger partial charge is 0.269 e. The summed E-state index contributed by atoms with van der Waals surface area (Å²) in [4.78, 5) is 24.7. The van der Waals surface area contributed by atoms with E-state index in [0.717, 1.165) is 11.1 Å². The number of hydrogen-bond donors (Lipinski definition) is 0. The van der Waals surface area contributed by atoms with Crippen molar-refractivity contribution in [2.24, 2.45) is 0 Å². The van der Waals surface area contributed by atoms with E-state index in [-0.39, 0.29) is 17.0 Å². The number of benzene rings is 2. The van der Waals surface area contributed by atoms with Gasteiger partial charge < -0.3 is 14.4 Å². The standard InChI is InChI=1S/C19H20N2O5S/c1-25-16-7-6-13(10-17(16)26-2)8-9-20-18(22)12-27-19(20)14-4-3-5-15(11-14)21(23)24/h3-7,10-11,19H,8-9,12H2,1-2H3/t19-/m0/s1. The lowest BCUT2D eigenvalue weighted by Gasteiger charge is -2.24. The maximum Gasteiger partial charge on any atom is 0.269 e. The second kappa shape index (κ2) is 8.30. The lowest BCUT2D eigenvalue weighted by atomic mass is 10.1. The third kappa shape index (κ3) is 4.16. The molecule has 1 heterocycles. The van der Waals surface area contributed by atoms with E-state index in [1.807, 2.05) is 24.3 Å². The van der Waals surface area contributed by atoms with Crippen molar-refractivity contribution >= 4 is 23.4 Å². The number of carbonyl (C=O) groups is 1. The van der Waals surface area contributed by atoms with Gasteiger partial charge in [0.15, 0.2) is 11.5 Å². The first-order valence-corrected chi connectivity index (χ1v) is 9.44. The second-order valence-electron chi connectivity index (χ2n) is 6.04. The predicted octanol–water partition coefficient (Wildman–Crippen LogP) is 3.43. The van der Waals surface area contributed by atoms with E-state index >= 15 is 0 Å². The zero-order chi connectivity index (χ0) is 19.4. The molecule has 1 atom stereocenters. The predicted molar refractivity (Wildman–Crippen MR) is 103 cm³/mol. The van der Waals surface area contributed by atoms with Crippen LogP contribution in [0.1, 0.15) is 16.5 Å². The third-order valence-corrected chi connectivity index (χ3v) is 5.68. The van der Waals surface area contributed by atoms with Crippen LogP contribution in [0.5, 0.6) is 11.5 Å². The van der Waals surface area contributed by atoms with Crippen LogP contribution in [-0.2, 0) is 11.2 Å². The highest BCUT2D eigenvalue weighted by Gasteiger charge is 2.33. The van der Waals surface area contributed by atoms with Crippen molar-refractivity contribution in [1.29, 1.82) is 0 Å². The van der Waals surface area contributed by atoms with E-state index in [0.29, 0.717) is 30.2 Å². The van der Waals surface area contributed by atoms with Crippen molar-refractivity contribution < 1.29 is 19.2 Å². The van der Waals surface area contributed by atoms with Crippen LogP contribution < -0.4 is 9.47 Å². The molecule has 2 aromatic rings. The minimum absolute atomic E-state index is 0.0345. The molecule has 3 rings (SSSR count). The first-order valence-electron chi connectivity index (χ1n) is 8.40. The average Bonchev–Trinajstić information content (AvgIpc) is 3.06. The number of methoxy groups -OCH3 is 2. The molecule has 0 aliphatic carbocycles. The Morgan fingerprint density at radius 3 is 2.67 bits per heavy atom. The van der Waals surface area contributed by atoms with E-state index < -0.39 is 4.92 Å². The molecule has 1 aliphatic rings. The number of amides is 1. The van der Waals surface area contributed by atoms with E-state index in [1.54, 1.807) is 31.3 Å². The fourth-order valence-electron chi connectivity index (χ4n) is 3.05. The molecule has 1 saturated heterocycles. The number of ether oxygens (including phenoxy) is 2. The first-order chi connectivity index (χ1) is 13.0. The Labute approximate surface area is 161 Å². The van der Waals surface area contributed by atoms with Crippen molar-refractivity contribution in [2.45, 2.75) is 11.8 Å². The molecule has 7 nitrogen and oxygen atoms in total. The lowest BCUT2D eigenvalue weighted by molar-refractivity contribution is -0.384. The van der Waals surface area contributed by atoms with Gasteiger partial charge in [0, 0.05) is 18.7 Å². The molecule has 2 aromatic carbocycles. The molecule has 0 spiro atoms. The Kier molecular flexibility index (Phi) is 5.85. The van der Waals surface area contributed by atoms with Gasteiger partial charge in [-0.25, -0.2) is 0 Å². The highest BCUT2D eigenvalue weighted by Crippen LogP contribution is 2.39. The van der Waals surface area contributed by atoms with Gasteiger partial charge in [-0.05, 0) is 29.7 Å². The van der Waals surface area contributed by atoms with Crippen molar-refractivity contribution in [3.05, 3.63) is 63.7 Å². The zero-order valence-corrected chi connectivity index (χ0v) is 15.9. The third-order valence-electron chi connectivity index (χ3n) is 4.42. The largest absolute Gasteiger partial charge is 0.493 e.